The molecule has 68 valence electrons. The van der Waals surface area contributed by atoms with Crippen LogP contribution in [0.4, 0.5) is 0 Å². The van der Waals surface area contributed by atoms with Gasteiger partial charge < -0.3 is 9.84 Å². The van der Waals surface area contributed by atoms with Crippen molar-refractivity contribution in [2.45, 2.75) is 25.7 Å². The summed E-state index contributed by atoms with van der Waals surface area (Å²) in [5, 5.41) is 9.00. The Bertz CT molecular complexity index is 190. The minimum absolute atomic E-state index is 0.281. The molecule has 1 saturated carbocycles. The van der Waals surface area contributed by atoms with Gasteiger partial charge in [0.05, 0.1) is 12.0 Å². The van der Waals surface area contributed by atoms with Crippen LogP contribution in [-0.2, 0) is 9.53 Å². The van der Waals surface area contributed by atoms with Crippen LogP contribution in [0.5, 0.6) is 0 Å². The van der Waals surface area contributed by atoms with E-state index in [0.717, 1.165) is 32.3 Å². The molecule has 1 saturated heterocycles. The monoisotopic (exact) mass is 170 g/mol. The van der Waals surface area contributed by atoms with Gasteiger partial charge in [0.25, 0.3) is 0 Å². The highest BCUT2D eigenvalue weighted by Crippen LogP contribution is 2.54. The van der Waals surface area contributed by atoms with E-state index in [0.29, 0.717) is 6.61 Å². The van der Waals surface area contributed by atoms with Crippen LogP contribution in [0.15, 0.2) is 0 Å². The van der Waals surface area contributed by atoms with Gasteiger partial charge in [-0.05, 0) is 31.6 Å². The van der Waals surface area contributed by atoms with E-state index >= 15 is 0 Å². The lowest BCUT2D eigenvalue weighted by molar-refractivity contribution is -0.148. The molecule has 0 radical (unpaired) electrons. The first kappa shape index (κ1) is 8.05. The topological polar surface area (TPSA) is 46.5 Å². The standard InChI is InChI=1S/C9H14O3/c10-8(11)9(3-4-9)7-2-1-5-12-6-7/h7H,1-6H2,(H,10,11). The van der Waals surface area contributed by atoms with E-state index in [-0.39, 0.29) is 11.3 Å². The smallest absolute Gasteiger partial charge is 0.310 e. The molecule has 0 aromatic carbocycles. The lowest BCUT2D eigenvalue weighted by Gasteiger charge is -2.27. The van der Waals surface area contributed by atoms with Crippen molar-refractivity contribution in [3.8, 4) is 0 Å². The summed E-state index contributed by atoms with van der Waals surface area (Å²) >= 11 is 0. The first-order chi connectivity index (χ1) is 5.76. The van der Waals surface area contributed by atoms with Crippen molar-refractivity contribution in [3.05, 3.63) is 0 Å². The number of aliphatic carboxylic acids is 1. The summed E-state index contributed by atoms with van der Waals surface area (Å²) in [6.07, 6.45) is 3.78. The van der Waals surface area contributed by atoms with Crippen molar-refractivity contribution in [1.29, 1.82) is 0 Å². The number of hydrogen-bond donors (Lipinski definition) is 1. The average molecular weight is 170 g/mol. The molecule has 1 unspecified atom stereocenters. The van der Waals surface area contributed by atoms with Crippen LogP contribution in [0, 0.1) is 11.3 Å². The molecule has 2 aliphatic rings. The lowest BCUT2D eigenvalue weighted by atomic mass is 9.85. The Morgan fingerprint density at radius 1 is 1.50 bits per heavy atom. The summed E-state index contributed by atoms with van der Waals surface area (Å²) in [6, 6.07) is 0. The van der Waals surface area contributed by atoms with Gasteiger partial charge in [0, 0.05) is 6.61 Å². The Kier molecular flexibility index (Phi) is 1.83. The fraction of sp³-hybridized carbons (Fsp3) is 0.889. The molecular weight excluding hydrogens is 156 g/mol. The molecule has 1 atom stereocenters. The molecule has 1 aliphatic heterocycles. The molecule has 1 aliphatic carbocycles. The number of ether oxygens (including phenoxy) is 1. The summed E-state index contributed by atoms with van der Waals surface area (Å²) in [7, 11) is 0. The molecule has 3 nitrogen and oxygen atoms in total. The maximum Gasteiger partial charge on any atom is 0.310 e. The van der Waals surface area contributed by atoms with Gasteiger partial charge in [0.2, 0.25) is 0 Å². The van der Waals surface area contributed by atoms with Gasteiger partial charge in [-0.15, -0.1) is 0 Å². The molecular formula is C9H14O3. The zero-order chi connectivity index (χ0) is 8.60. The van der Waals surface area contributed by atoms with Crippen LogP contribution in [-0.4, -0.2) is 24.3 Å². The highest BCUT2D eigenvalue weighted by atomic mass is 16.5. The first-order valence-electron chi connectivity index (χ1n) is 4.57. The molecule has 0 amide bonds. The zero-order valence-electron chi connectivity index (χ0n) is 7.08. The van der Waals surface area contributed by atoms with Gasteiger partial charge in [-0.2, -0.15) is 0 Å². The fourth-order valence-corrected chi connectivity index (χ4v) is 2.11. The molecule has 1 heterocycles. The van der Waals surface area contributed by atoms with Gasteiger partial charge in [-0.25, -0.2) is 0 Å². The van der Waals surface area contributed by atoms with E-state index in [1.165, 1.54) is 0 Å². The molecule has 3 heteroatoms. The zero-order valence-corrected chi connectivity index (χ0v) is 7.08. The third kappa shape index (κ3) is 1.12. The van der Waals surface area contributed by atoms with E-state index in [1.54, 1.807) is 0 Å². The SMILES string of the molecule is O=C(O)C1(C2CCCOC2)CC1. The quantitative estimate of drug-likeness (QED) is 0.679. The van der Waals surface area contributed by atoms with Crippen molar-refractivity contribution in [2.24, 2.45) is 11.3 Å². The largest absolute Gasteiger partial charge is 0.481 e. The molecule has 0 aromatic heterocycles. The second-order valence-corrected chi connectivity index (χ2v) is 3.88. The van der Waals surface area contributed by atoms with Crippen LogP contribution in [0.2, 0.25) is 0 Å². The third-order valence-corrected chi connectivity index (χ3v) is 3.16. The lowest BCUT2D eigenvalue weighted by Crippen LogP contribution is -2.31. The van der Waals surface area contributed by atoms with E-state index in [9.17, 15) is 4.79 Å². The van der Waals surface area contributed by atoms with Crippen LogP contribution in [0.1, 0.15) is 25.7 Å². The molecule has 0 spiro atoms. The van der Waals surface area contributed by atoms with E-state index in [1.807, 2.05) is 0 Å². The average Bonchev–Trinajstić information content (AvgIpc) is 2.86. The van der Waals surface area contributed by atoms with Gasteiger partial charge >= 0.3 is 5.97 Å². The second kappa shape index (κ2) is 2.73. The Morgan fingerprint density at radius 2 is 2.25 bits per heavy atom. The molecule has 1 N–H and O–H groups in total. The van der Waals surface area contributed by atoms with Crippen LogP contribution in [0.25, 0.3) is 0 Å². The number of carboxylic acid groups (broad SMARTS) is 1. The van der Waals surface area contributed by atoms with Gasteiger partial charge in [0.1, 0.15) is 0 Å². The maximum atomic E-state index is 10.9. The van der Waals surface area contributed by atoms with Crippen LogP contribution in [0.3, 0.4) is 0 Å². The highest BCUT2D eigenvalue weighted by molar-refractivity contribution is 5.78. The van der Waals surface area contributed by atoms with E-state index in [2.05, 4.69) is 0 Å². The summed E-state index contributed by atoms with van der Waals surface area (Å²) in [6.45, 7) is 1.47. The summed E-state index contributed by atoms with van der Waals surface area (Å²) in [4.78, 5) is 10.9. The molecule has 0 aromatic rings. The third-order valence-electron chi connectivity index (χ3n) is 3.16. The summed E-state index contributed by atoms with van der Waals surface area (Å²) < 4.78 is 5.30. The van der Waals surface area contributed by atoms with E-state index < -0.39 is 5.97 Å². The van der Waals surface area contributed by atoms with Crippen LogP contribution >= 0.6 is 0 Å². The molecule has 2 fully saturated rings. The highest BCUT2D eigenvalue weighted by Gasteiger charge is 2.55. The normalized spacial score (nSPS) is 32.8. The van der Waals surface area contributed by atoms with Gasteiger partial charge in [0.15, 0.2) is 0 Å². The minimum atomic E-state index is -0.613. The van der Waals surface area contributed by atoms with Gasteiger partial charge in [-0.3, -0.25) is 4.79 Å². The summed E-state index contributed by atoms with van der Waals surface area (Å²) in [5.41, 5.74) is -0.388. The number of carbonyl (C=O) groups is 1. The second-order valence-electron chi connectivity index (χ2n) is 3.88. The van der Waals surface area contributed by atoms with Crippen molar-refractivity contribution in [3.63, 3.8) is 0 Å². The van der Waals surface area contributed by atoms with E-state index in [4.69, 9.17) is 9.84 Å². The number of carboxylic acids is 1. The van der Waals surface area contributed by atoms with Crippen molar-refractivity contribution < 1.29 is 14.6 Å². The molecule has 2 rings (SSSR count). The van der Waals surface area contributed by atoms with Crippen molar-refractivity contribution >= 4 is 5.97 Å². The predicted octanol–water partition coefficient (Wildman–Crippen LogP) is 1.28. The van der Waals surface area contributed by atoms with Crippen LogP contribution < -0.4 is 0 Å². The first-order valence-corrected chi connectivity index (χ1v) is 4.57. The Hall–Kier alpha value is -0.570. The molecule has 0 bridgehead atoms. The molecule has 12 heavy (non-hydrogen) atoms. The minimum Gasteiger partial charge on any atom is -0.481 e. The predicted molar refractivity (Wildman–Crippen MR) is 42.8 cm³/mol. The van der Waals surface area contributed by atoms with Crippen molar-refractivity contribution in [1.82, 2.24) is 0 Å². The Balaban J connectivity index is 2.02. The Morgan fingerprint density at radius 3 is 2.67 bits per heavy atom. The van der Waals surface area contributed by atoms with Gasteiger partial charge in [-0.1, -0.05) is 0 Å². The number of hydrogen-bond acceptors (Lipinski definition) is 2. The van der Waals surface area contributed by atoms with Crippen molar-refractivity contribution in [2.75, 3.05) is 13.2 Å². The Labute approximate surface area is 71.7 Å². The fourth-order valence-electron chi connectivity index (χ4n) is 2.11. The summed E-state index contributed by atoms with van der Waals surface area (Å²) in [5.74, 6) is -0.332. The number of rotatable bonds is 2. The maximum absolute atomic E-state index is 10.9.